The number of aromatic nitrogens is 1. The number of hydrogen-bond donors (Lipinski definition) is 2. The second-order valence-corrected chi connectivity index (χ2v) is 6.50. The van der Waals surface area contributed by atoms with Gasteiger partial charge in [-0.1, -0.05) is 11.6 Å². The molecule has 21 heavy (non-hydrogen) atoms. The molecule has 0 aliphatic carbocycles. The van der Waals surface area contributed by atoms with Gasteiger partial charge in [-0.3, -0.25) is 0 Å². The van der Waals surface area contributed by atoms with Gasteiger partial charge in [-0.25, -0.2) is 13.4 Å². The monoisotopic (exact) mass is 337 g/mol. The van der Waals surface area contributed by atoms with E-state index in [1.165, 1.54) is 19.4 Å². The molecule has 0 aliphatic rings. The van der Waals surface area contributed by atoms with E-state index in [9.17, 15) is 8.42 Å². The second-order valence-electron chi connectivity index (χ2n) is 4.15. The first-order chi connectivity index (χ1) is 9.97. The third-order valence-corrected chi connectivity index (χ3v) is 4.84. The van der Waals surface area contributed by atoms with Gasteiger partial charge < -0.3 is 15.2 Å². The molecule has 7 nitrogen and oxygen atoms in total. The van der Waals surface area contributed by atoms with Crippen molar-refractivity contribution < 1.29 is 18.3 Å². The fourth-order valence-electron chi connectivity index (χ4n) is 1.66. The lowest BCUT2D eigenvalue weighted by Gasteiger charge is -2.21. The maximum absolute atomic E-state index is 12.5. The SMILES string of the molecule is CCNc1ncc(S(=O)(=O)N(CCO)CCOC)cc1Cl. The van der Waals surface area contributed by atoms with Crippen LogP contribution in [0.1, 0.15) is 6.92 Å². The number of pyridine rings is 1. The minimum absolute atomic E-state index is 0.0151. The van der Waals surface area contributed by atoms with E-state index in [0.717, 1.165) is 4.31 Å². The Balaban J connectivity index is 3.06. The van der Waals surface area contributed by atoms with Crippen LogP contribution < -0.4 is 5.32 Å². The van der Waals surface area contributed by atoms with Gasteiger partial charge >= 0.3 is 0 Å². The Morgan fingerprint density at radius 2 is 2.19 bits per heavy atom. The van der Waals surface area contributed by atoms with Gasteiger partial charge in [0.2, 0.25) is 10.0 Å². The van der Waals surface area contributed by atoms with Crippen LogP contribution in [-0.4, -0.2) is 62.8 Å². The predicted molar refractivity (Wildman–Crippen MR) is 81.1 cm³/mol. The van der Waals surface area contributed by atoms with Gasteiger partial charge in [0.1, 0.15) is 10.7 Å². The van der Waals surface area contributed by atoms with Crippen molar-refractivity contribution in [2.45, 2.75) is 11.8 Å². The van der Waals surface area contributed by atoms with Crippen LogP contribution in [0.3, 0.4) is 0 Å². The highest BCUT2D eigenvalue weighted by Gasteiger charge is 2.25. The molecule has 0 amide bonds. The molecule has 1 aromatic heterocycles. The molecular weight excluding hydrogens is 318 g/mol. The fourth-order valence-corrected chi connectivity index (χ4v) is 3.35. The average Bonchev–Trinajstić information content (AvgIpc) is 2.45. The highest BCUT2D eigenvalue weighted by molar-refractivity contribution is 7.89. The summed E-state index contributed by atoms with van der Waals surface area (Å²) in [6, 6.07) is 1.35. The van der Waals surface area contributed by atoms with Gasteiger partial charge in [0.25, 0.3) is 0 Å². The molecule has 0 radical (unpaired) electrons. The zero-order chi connectivity index (χ0) is 15.9. The number of nitrogens with zero attached hydrogens (tertiary/aromatic N) is 2. The Labute approximate surface area is 129 Å². The Hall–Kier alpha value is -0.930. The molecule has 0 spiro atoms. The summed E-state index contributed by atoms with van der Waals surface area (Å²) in [4.78, 5) is 4.00. The van der Waals surface area contributed by atoms with Crippen LogP contribution >= 0.6 is 11.6 Å². The molecule has 0 unspecified atom stereocenters. The molecule has 1 rings (SSSR count). The van der Waals surface area contributed by atoms with Crippen LogP contribution in [0.25, 0.3) is 0 Å². The molecule has 1 heterocycles. The van der Waals surface area contributed by atoms with Crippen molar-refractivity contribution in [2.24, 2.45) is 0 Å². The van der Waals surface area contributed by atoms with E-state index >= 15 is 0 Å². The van der Waals surface area contributed by atoms with Crippen molar-refractivity contribution in [3.63, 3.8) is 0 Å². The Bertz CT molecular complexity index is 553. The first-order valence-electron chi connectivity index (χ1n) is 6.46. The molecule has 0 fully saturated rings. The van der Waals surface area contributed by atoms with Crippen molar-refractivity contribution in [1.82, 2.24) is 9.29 Å². The van der Waals surface area contributed by atoms with E-state index in [2.05, 4.69) is 10.3 Å². The first kappa shape index (κ1) is 18.1. The standard InChI is InChI=1S/C12H20ClN3O4S/c1-3-14-12-11(13)8-10(9-15-12)21(18,19)16(4-6-17)5-7-20-2/h8-9,17H,3-7H2,1-2H3,(H,14,15). The highest BCUT2D eigenvalue weighted by Crippen LogP contribution is 2.24. The quantitative estimate of drug-likeness (QED) is 0.692. The lowest BCUT2D eigenvalue weighted by molar-refractivity contribution is 0.168. The molecule has 0 atom stereocenters. The molecule has 2 N–H and O–H groups in total. The molecule has 0 aliphatic heterocycles. The van der Waals surface area contributed by atoms with Crippen molar-refractivity contribution in [3.8, 4) is 0 Å². The van der Waals surface area contributed by atoms with Crippen LogP contribution in [0, 0.1) is 0 Å². The van der Waals surface area contributed by atoms with E-state index < -0.39 is 10.0 Å². The third kappa shape index (κ3) is 4.79. The second kappa shape index (κ2) is 8.50. The number of sulfonamides is 1. The number of nitrogens with one attached hydrogen (secondary N) is 1. The van der Waals surface area contributed by atoms with Gasteiger partial charge in [0.15, 0.2) is 0 Å². The van der Waals surface area contributed by atoms with Gasteiger partial charge in [-0.05, 0) is 13.0 Å². The zero-order valence-corrected chi connectivity index (χ0v) is 13.6. The van der Waals surface area contributed by atoms with Gasteiger partial charge in [-0.2, -0.15) is 4.31 Å². The highest BCUT2D eigenvalue weighted by atomic mass is 35.5. The summed E-state index contributed by atoms with van der Waals surface area (Å²) in [5, 5.41) is 12.2. The number of halogens is 1. The van der Waals surface area contributed by atoms with Crippen LogP contribution in [-0.2, 0) is 14.8 Å². The molecule has 0 saturated heterocycles. The summed E-state index contributed by atoms with van der Waals surface area (Å²) in [7, 11) is -2.29. The fraction of sp³-hybridized carbons (Fsp3) is 0.583. The number of aliphatic hydroxyl groups is 1. The smallest absolute Gasteiger partial charge is 0.244 e. The molecular formula is C12H20ClN3O4S. The minimum atomic E-state index is -3.77. The summed E-state index contributed by atoms with van der Waals surface area (Å²) < 4.78 is 31.0. The van der Waals surface area contributed by atoms with Crippen LogP contribution in [0.15, 0.2) is 17.2 Å². The summed E-state index contributed by atoms with van der Waals surface area (Å²) in [5.74, 6) is 0.434. The number of aliphatic hydroxyl groups excluding tert-OH is 1. The molecule has 0 saturated carbocycles. The first-order valence-corrected chi connectivity index (χ1v) is 8.28. The van der Waals surface area contributed by atoms with Gasteiger partial charge in [0, 0.05) is 32.9 Å². The number of rotatable bonds is 9. The normalized spacial score (nSPS) is 11.9. The van der Waals surface area contributed by atoms with Gasteiger partial charge in [0.05, 0.1) is 18.2 Å². The van der Waals surface area contributed by atoms with Crippen LogP contribution in [0.4, 0.5) is 5.82 Å². The van der Waals surface area contributed by atoms with Crippen molar-refractivity contribution in [1.29, 1.82) is 0 Å². The number of anilines is 1. The lowest BCUT2D eigenvalue weighted by Crippen LogP contribution is -2.36. The Kier molecular flexibility index (Phi) is 7.33. The maximum atomic E-state index is 12.5. The molecule has 9 heteroatoms. The zero-order valence-electron chi connectivity index (χ0n) is 12.0. The summed E-state index contributed by atoms with van der Waals surface area (Å²) >= 11 is 6.02. The van der Waals surface area contributed by atoms with Gasteiger partial charge in [-0.15, -0.1) is 0 Å². The molecule has 0 bridgehead atoms. The number of methoxy groups -OCH3 is 1. The molecule has 1 aromatic rings. The summed E-state index contributed by atoms with van der Waals surface area (Å²) in [6.45, 7) is 2.60. The number of hydrogen-bond acceptors (Lipinski definition) is 6. The van der Waals surface area contributed by atoms with Crippen LogP contribution in [0.5, 0.6) is 0 Å². The van der Waals surface area contributed by atoms with E-state index in [1.807, 2.05) is 6.92 Å². The largest absolute Gasteiger partial charge is 0.395 e. The average molecular weight is 338 g/mol. The maximum Gasteiger partial charge on any atom is 0.244 e. The van der Waals surface area contributed by atoms with Crippen molar-refractivity contribution in [2.75, 3.05) is 45.3 Å². The summed E-state index contributed by atoms with van der Waals surface area (Å²) in [5.41, 5.74) is 0. The molecule has 120 valence electrons. The van der Waals surface area contributed by atoms with E-state index in [0.29, 0.717) is 12.4 Å². The molecule has 0 aromatic carbocycles. The van der Waals surface area contributed by atoms with E-state index in [4.69, 9.17) is 21.4 Å². The predicted octanol–water partition coefficient (Wildman–Crippen LogP) is 0.796. The van der Waals surface area contributed by atoms with Crippen molar-refractivity contribution >= 4 is 27.4 Å². The lowest BCUT2D eigenvalue weighted by atomic mass is 10.4. The third-order valence-electron chi connectivity index (χ3n) is 2.69. The van der Waals surface area contributed by atoms with E-state index in [1.54, 1.807) is 0 Å². The number of ether oxygens (including phenoxy) is 1. The summed E-state index contributed by atoms with van der Waals surface area (Å²) in [6.07, 6.45) is 1.25. The minimum Gasteiger partial charge on any atom is -0.395 e. The Morgan fingerprint density at radius 3 is 2.71 bits per heavy atom. The van der Waals surface area contributed by atoms with E-state index in [-0.39, 0.29) is 36.2 Å². The Morgan fingerprint density at radius 1 is 1.48 bits per heavy atom. The van der Waals surface area contributed by atoms with Crippen molar-refractivity contribution in [3.05, 3.63) is 17.3 Å². The topological polar surface area (TPSA) is 91.8 Å². The van der Waals surface area contributed by atoms with Crippen LogP contribution in [0.2, 0.25) is 5.02 Å².